The first-order valence-corrected chi connectivity index (χ1v) is 6.11. The average molecular weight is 270 g/mol. The molecule has 0 atom stereocenters. The van der Waals surface area contributed by atoms with Crippen molar-refractivity contribution in [3.8, 4) is 11.5 Å². The summed E-state index contributed by atoms with van der Waals surface area (Å²) in [5.74, 6) is 0.230. The van der Waals surface area contributed by atoms with Gasteiger partial charge in [0.2, 0.25) is 0 Å². The van der Waals surface area contributed by atoms with Crippen molar-refractivity contribution in [1.82, 2.24) is 0 Å². The van der Waals surface area contributed by atoms with Crippen LogP contribution in [0.15, 0.2) is 42.5 Å². The Hall–Kier alpha value is -2.62. The van der Waals surface area contributed by atoms with E-state index in [0.717, 1.165) is 5.56 Å². The van der Waals surface area contributed by atoms with E-state index in [4.69, 9.17) is 4.74 Å². The van der Waals surface area contributed by atoms with Crippen LogP contribution in [0.2, 0.25) is 0 Å². The minimum atomic E-state index is -0.107. The molecule has 0 radical (unpaired) electrons. The zero-order chi connectivity index (χ0) is 14.5. The molecule has 2 rings (SSSR count). The molecule has 0 saturated carbocycles. The van der Waals surface area contributed by atoms with Crippen LogP contribution < -0.4 is 4.74 Å². The van der Waals surface area contributed by atoms with Crippen molar-refractivity contribution >= 4 is 12.1 Å². The van der Waals surface area contributed by atoms with E-state index in [9.17, 15) is 14.7 Å². The highest BCUT2D eigenvalue weighted by Gasteiger charge is 2.08. The number of phenolic OH excluding ortho intramolecular Hbond substituents is 1. The SMILES string of the molecule is CC(=O)c1ccc(COc2cccc(O)c2C=O)cc1. The van der Waals surface area contributed by atoms with Crippen LogP contribution in [-0.4, -0.2) is 17.2 Å². The molecule has 4 nitrogen and oxygen atoms in total. The minimum Gasteiger partial charge on any atom is -0.507 e. The fourth-order valence-corrected chi connectivity index (χ4v) is 1.77. The number of carbonyl (C=O) groups is 2. The zero-order valence-electron chi connectivity index (χ0n) is 11.0. The van der Waals surface area contributed by atoms with Gasteiger partial charge in [0.1, 0.15) is 18.1 Å². The molecule has 0 spiro atoms. The van der Waals surface area contributed by atoms with Crippen molar-refractivity contribution in [3.05, 3.63) is 59.2 Å². The maximum atomic E-state index is 11.2. The number of aromatic hydroxyl groups is 1. The van der Waals surface area contributed by atoms with Crippen LogP contribution in [0.4, 0.5) is 0 Å². The molecule has 0 aromatic heterocycles. The van der Waals surface area contributed by atoms with Gasteiger partial charge in [0.15, 0.2) is 12.1 Å². The molecule has 2 aromatic rings. The highest BCUT2D eigenvalue weighted by atomic mass is 16.5. The van der Waals surface area contributed by atoms with E-state index in [1.807, 2.05) is 0 Å². The van der Waals surface area contributed by atoms with Gasteiger partial charge in [-0.05, 0) is 24.6 Å². The summed E-state index contributed by atoms with van der Waals surface area (Å²) >= 11 is 0. The van der Waals surface area contributed by atoms with Crippen LogP contribution in [0.1, 0.15) is 33.2 Å². The fraction of sp³-hybridized carbons (Fsp3) is 0.125. The lowest BCUT2D eigenvalue weighted by molar-refractivity contribution is 0.101. The number of ether oxygens (including phenoxy) is 1. The summed E-state index contributed by atoms with van der Waals surface area (Å²) < 4.78 is 5.52. The third-order valence-electron chi connectivity index (χ3n) is 2.92. The van der Waals surface area contributed by atoms with Gasteiger partial charge < -0.3 is 9.84 Å². The van der Waals surface area contributed by atoms with Crippen molar-refractivity contribution < 1.29 is 19.4 Å². The van der Waals surface area contributed by atoms with Crippen molar-refractivity contribution in [3.63, 3.8) is 0 Å². The van der Waals surface area contributed by atoms with Crippen LogP contribution >= 0.6 is 0 Å². The molecule has 0 aliphatic rings. The van der Waals surface area contributed by atoms with Crippen LogP contribution in [-0.2, 0) is 6.61 Å². The van der Waals surface area contributed by atoms with Crippen molar-refractivity contribution in [2.75, 3.05) is 0 Å². The largest absolute Gasteiger partial charge is 0.507 e. The molecule has 0 amide bonds. The molecular formula is C16H14O4. The lowest BCUT2D eigenvalue weighted by Gasteiger charge is -2.09. The Morgan fingerprint density at radius 1 is 1.20 bits per heavy atom. The second-order valence-corrected chi connectivity index (χ2v) is 4.35. The molecule has 20 heavy (non-hydrogen) atoms. The lowest BCUT2D eigenvalue weighted by Crippen LogP contribution is -1.99. The predicted molar refractivity (Wildman–Crippen MR) is 74.3 cm³/mol. The number of aldehydes is 1. The third kappa shape index (κ3) is 3.03. The van der Waals surface area contributed by atoms with Gasteiger partial charge in [-0.15, -0.1) is 0 Å². The van der Waals surface area contributed by atoms with E-state index in [2.05, 4.69) is 0 Å². The molecule has 0 aliphatic heterocycles. The molecule has 4 heteroatoms. The van der Waals surface area contributed by atoms with Crippen molar-refractivity contribution in [2.24, 2.45) is 0 Å². The van der Waals surface area contributed by atoms with E-state index in [0.29, 0.717) is 17.6 Å². The Balaban J connectivity index is 2.11. The third-order valence-corrected chi connectivity index (χ3v) is 2.92. The summed E-state index contributed by atoms with van der Waals surface area (Å²) in [4.78, 5) is 22.1. The summed E-state index contributed by atoms with van der Waals surface area (Å²) in [5.41, 5.74) is 1.64. The Kier molecular flexibility index (Phi) is 4.15. The normalized spacial score (nSPS) is 10.1. The summed E-state index contributed by atoms with van der Waals surface area (Å²) in [6.45, 7) is 1.76. The maximum Gasteiger partial charge on any atom is 0.159 e. The molecule has 102 valence electrons. The van der Waals surface area contributed by atoms with Crippen LogP contribution in [0.3, 0.4) is 0 Å². The van der Waals surface area contributed by atoms with Gasteiger partial charge in [-0.1, -0.05) is 30.3 Å². The first kappa shape index (κ1) is 13.8. The topological polar surface area (TPSA) is 63.6 Å². The Morgan fingerprint density at radius 3 is 2.50 bits per heavy atom. The van der Waals surface area contributed by atoms with Gasteiger partial charge >= 0.3 is 0 Å². The summed E-state index contributed by atoms with van der Waals surface area (Å²) in [5, 5.41) is 9.54. The quantitative estimate of drug-likeness (QED) is 0.670. The standard InChI is InChI=1S/C16H14O4/c1-11(18)13-7-5-12(6-8-13)10-20-16-4-2-3-15(19)14(16)9-17/h2-9,19H,10H2,1H3. The number of phenols is 1. The zero-order valence-corrected chi connectivity index (χ0v) is 11.0. The van der Waals surface area contributed by atoms with Gasteiger partial charge in [0.25, 0.3) is 0 Å². The molecule has 0 heterocycles. The highest BCUT2D eigenvalue weighted by molar-refractivity contribution is 5.94. The molecule has 0 unspecified atom stereocenters. The smallest absolute Gasteiger partial charge is 0.159 e. The molecule has 0 saturated heterocycles. The lowest BCUT2D eigenvalue weighted by atomic mass is 10.1. The van der Waals surface area contributed by atoms with E-state index >= 15 is 0 Å². The number of ketones is 1. The van der Waals surface area contributed by atoms with Gasteiger partial charge in [0.05, 0.1) is 5.56 Å². The van der Waals surface area contributed by atoms with Crippen molar-refractivity contribution in [1.29, 1.82) is 0 Å². The van der Waals surface area contributed by atoms with Gasteiger partial charge in [-0.3, -0.25) is 9.59 Å². The van der Waals surface area contributed by atoms with Crippen LogP contribution in [0.5, 0.6) is 11.5 Å². The van der Waals surface area contributed by atoms with Crippen LogP contribution in [0.25, 0.3) is 0 Å². The Bertz CT molecular complexity index is 629. The summed E-state index contributed by atoms with van der Waals surface area (Å²) in [6, 6.07) is 11.7. The molecule has 2 aromatic carbocycles. The first-order chi connectivity index (χ1) is 9.61. The average Bonchev–Trinajstić information content (AvgIpc) is 2.45. The fourth-order valence-electron chi connectivity index (χ4n) is 1.77. The summed E-state index contributed by atoms with van der Waals surface area (Å²) in [6.07, 6.45) is 0.559. The molecule has 0 bridgehead atoms. The molecular weight excluding hydrogens is 256 g/mol. The van der Waals surface area contributed by atoms with E-state index in [1.165, 1.54) is 13.0 Å². The van der Waals surface area contributed by atoms with E-state index in [-0.39, 0.29) is 23.7 Å². The first-order valence-electron chi connectivity index (χ1n) is 6.11. The van der Waals surface area contributed by atoms with Crippen LogP contribution in [0, 0.1) is 0 Å². The molecule has 1 N–H and O–H groups in total. The summed E-state index contributed by atoms with van der Waals surface area (Å²) in [7, 11) is 0. The number of carbonyl (C=O) groups excluding carboxylic acids is 2. The maximum absolute atomic E-state index is 11.2. The number of benzene rings is 2. The Labute approximate surface area is 116 Å². The number of rotatable bonds is 5. The predicted octanol–water partition coefficient (Wildman–Crippen LogP) is 2.99. The van der Waals surface area contributed by atoms with Crippen molar-refractivity contribution in [2.45, 2.75) is 13.5 Å². The number of hydrogen-bond acceptors (Lipinski definition) is 4. The number of hydrogen-bond donors (Lipinski definition) is 1. The Morgan fingerprint density at radius 2 is 1.90 bits per heavy atom. The second kappa shape index (κ2) is 6.02. The van der Waals surface area contributed by atoms with Gasteiger partial charge in [-0.2, -0.15) is 0 Å². The van der Waals surface area contributed by atoms with Gasteiger partial charge in [-0.25, -0.2) is 0 Å². The minimum absolute atomic E-state index is 0.00805. The molecule has 0 aliphatic carbocycles. The molecule has 0 fully saturated rings. The van der Waals surface area contributed by atoms with E-state index < -0.39 is 0 Å². The van der Waals surface area contributed by atoms with E-state index in [1.54, 1.807) is 36.4 Å². The second-order valence-electron chi connectivity index (χ2n) is 4.35. The van der Waals surface area contributed by atoms with Gasteiger partial charge in [0, 0.05) is 5.56 Å². The highest BCUT2D eigenvalue weighted by Crippen LogP contribution is 2.26. The number of Topliss-reactive ketones (excluding diaryl/α,β-unsaturated/α-hetero) is 1. The monoisotopic (exact) mass is 270 g/mol.